The molecule has 1 fully saturated rings. The molecule has 0 saturated carbocycles. The minimum Gasteiger partial charge on any atom is -0.508 e. The number of phenolic OH excluding ortho intramolecular Hbond substituents is 1. The highest BCUT2D eigenvalue weighted by Gasteiger charge is 2.35. The number of likely N-dealkylation sites (tertiary alicyclic amines) is 1. The maximum atomic E-state index is 12.8. The second-order valence-electron chi connectivity index (χ2n) is 8.92. The molecule has 0 radical (unpaired) electrons. The van der Waals surface area contributed by atoms with Crippen molar-refractivity contribution < 1.29 is 15.0 Å². The third-order valence-electron chi connectivity index (χ3n) is 6.88. The van der Waals surface area contributed by atoms with Gasteiger partial charge in [0.2, 0.25) is 0 Å². The molecule has 5 rings (SSSR count). The number of aromatic hydroxyl groups is 1. The highest BCUT2D eigenvalue weighted by molar-refractivity contribution is 6.02. The predicted molar refractivity (Wildman–Crippen MR) is 128 cm³/mol. The molecular weight excluding hydrogens is 414 g/mol. The number of hydrogen-bond acceptors (Lipinski definition) is 5. The van der Waals surface area contributed by atoms with Gasteiger partial charge in [-0.25, -0.2) is 0 Å². The Morgan fingerprint density at radius 2 is 1.58 bits per heavy atom. The molecule has 6 nitrogen and oxygen atoms in total. The van der Waals surface area contributed by atoms with Crippen LogP contribution in [0.1, 0.15) is 40.5 Å². The molecule has 6 heteroatoms. The Morgan fingerprint density at radius 1 is 0.909 bits per heavy atom. The van der Waals surface area contributed by atoms with Gasteiger partial charge in [-0.2, -0.15) is 0 Å². The van der Waals surface area contributed by atoms with Crippen molar-refractivity contribution in [3.63, 3.8) is 0 Å². The number of aliphatic hydroxyl groups is 1. The van der Waals surface area contributed by atoms with E-state index in [4.69, 9.17) is 0 Å². The minimum atomic E-state index is -0.770. The number of piperidine rings is 1. The second kappa shape index (κ2) is 8.89. The molecule has 2 heterocycles. The van der Waals surface area contributed by atoms with E-state index < -0.39 is 5.60 Å². The van der Waals surface area contributed by atoms with Gasteiger partial charge in [0.25, 0.3) is 5.91 Å². The van der Waals surface area contributed by atoms with Crippen molar-refractivity contribution in [3.8, 4) is 5.75 Å². The summed E-state index contributed by atoms with van der Waals surface area (Å²) in [6, 6.07) is 24.9. The fraction of sp³-hybridized carbons (Fsp3) is 0.296. The van der Waals surface area contributed by atoms with Crippen LogP contribution in [0.2, 0.25) is 0 Å². The highest BCUT2D eigenvalue weighted by Crippen LogP contribution is 2.36. The quantitative estimate of drug-likeness (QED) is 0.562. The Morgan fingerprint density at radius 3 is 2.27 bits per heavy atom. The van der Waals surface area contributed by atoms with E-state index >= 15 is 0 Å². The minimum absolute atomic E-state index is 0.0817. The lowest BCUT2D eigenvalue weighted by Crippen LogP contribution is -2.50. The summed E-state index contributed by atoms with van der Waals surface area (Å²) in [5.41, 5.74) is 2.54. The first-order valence-corrected chi connectivity index (χ1v) is 11.5. The summed E-state index contributed by atoms with van der Waals surface area (Å²) in [6.45, 7) is 3.14. The number of nitrogens with one attached hydrogen (secondary N) is 1. The maximum absolute atomic E-state index is 12.8. The van der Waals surface area contributed by atoms with Crippen LogP contribution < -0.4 is 10.2 Å². The molecule has 2 aliphatic heterocycles. The molecule has 1 saturated heterocycles. The number of carbonyl (C=O) groups excluding carboxylic acids is 1. The molecule has 3 aromatic rings. The second-order valence-corrected chi connectivity index (χ2v) is 8.92. The zero-order chi connectivity index (χ0) is 22.8. The van der Waals surface area contributed by atoms with Crippen LogP contribution in [-0.2, 0) is 5.60 Å². The summed E-state index contributed by atoms with van der Waals surface area (Å²) in [4.78, 5) is 17.4. The van der Waals surface area contributed by atoms with Crippen molar-refractivity contribution in [2.45, 2.75) is 24.6 Å². The molecule has 0 spiro atoms. The van der Waals surface area contributed by atoms with Crippen molar-refractivity contribution in [2.75, 3.05) is 31.1 Å². The van der Waals surface area contributed by atoms with E-state index in [1.807, 2.05) is 66.7 Å². The average Bonchev–Trinajstić information content (AvgIpc) is 2.86. The SMILES string of the molecule is O=C1NC(c2ccccc2)N(CCN2CCC(O)(c3ccccc3)CC2)c2ccc(O)cc21. The largest absolute Gasteiger partial charge is 0.508 e. The van der Waals surface area contributed by atoms with Gasteiger partial charge in [0, 0.05) is 26.2 Å². The van der Waals surface area contributed by atoms with Crippen LogP contribution in [0.3, 0.4) is 0 Å². The standard InChI is InChI=1S/C27H29N3O3/c31-22-11-12-24-23(19-22)26(32)28-25(20-7-3-1-4-8-20)30(24)18-17-29-15-13-27(33,14-16-29)21-9-5-2-6-10-21/h1-12,19,25,31,33H,13-18H2,(H,28,32). The summed E-state index contributed by atoms with van der Waals surface area (Å²) in [7, 11) is 0. The van der Waals surface area contributed by atoms with Gasteiger partial charge >= 0.3 is 0 Å². The number of nitrogens with zero attached hydrogens (tertiary/aromatic N) is 2. The Balaban J connectivity index is 1.33. The number of carbonyl (C=O) groups is 1. The fourth-order valence-electron chi connectivity index (χ4n) is 4.96. The topological polar surface area (TPSA) is 76.0 Å². The zero-order valence-corrected chi connectivity index (χ0v) is 18.5. The monoisotopic (exact) mass is 443 g/mol. The molecule has 3 aromatic carbocycles. The summed E-state index contributed by atoms with van der Waals surface area (Å²) < 4.78 is 0. The van der Waals surface area contributed by atoms with Crippen molar-refractivity contribution in [1.82, 2.24) is 10.2 Å². The van der Waals surface area contributed by atoms with E-state index in [0.717, 1.165) is 36.4 Å². The first kappa shape index (κ1) is 21.5. The van der Waals surface area contributed by atoms with Crippen molar-refractivity contribution in [2.24, 2.45) is 0 Å². The molecule has 2 aliphatic rings. The van der Waals surface area contributed by atoms with E-state index in [-0.39, 0.29) is 17.8 Å². The molecule has 0 aromatic heterocycles. The molecule has 1 atom stereocenters. The number of benzene rings is 3. The predicted octanol–water partition coefficient (Wildman–Crippen LogP) is 3.62. The lowest BCUT2D eigenvalue weighted by atomic mass is 9.84. The number of anilines is 1. The van der Waals surface area contributed by atoms with Crippen LogP contribution in [-0.4, -0.2) is 47.2 Å². The molecule has 0 aliphatic carbocycles. The fourth-order valence-corrected chi connectivity index (χ4v) is 4.96. The van der Waals surface area contributed by atoms with Crippen LogP contribution >= 0.6 is 0 Å². The Labute approximate surface area is 194 Å². The first-order chi connectivity index (χ1) is 16.0. The van der Waals surface area contributed by atoms with Crippen LogP contribution in [0.5, 0.6) is 5.75 Å². The smallest absolute Gasteiger partial charge is 0.255 e. The van der Waals surface area contributed by atoms with Crippen LogP contribution in [0.25, 0.3) is 0 Å². The van der Waals surface area contributed by atoms with Crippen molar-refractivity contribution in [3.05, 3.63) is 95.6 Å². The summed E-state index contributed by atoms with van der Waals surface area (Å²) in [6.07, 6.45) is 1.11. The molecular formula is C27H29N3O3. The first-order valence-electron chi connectivity index (χ1n) is 11.5. The Hall–Kier alpha value is -3.35. The van der Waals surface area contributed by atoms with E-state index in [9.17, 15) is 15.0 Å². The van der Waals surface area contributed by atoms with E-state index in [1.165, 1.54) is 6.07 Å². The van der Waals surface area contributed by atoms with Gasteiger partial charge in [-0.15, -0.1) is 0 Å². The number of amides is 1. The Bertz CT molecular complexity index is 1110. The number of rotatable bonds is 5. The molecule has 0 bridgehead atoms. The summed E-state index contributed by atoms with van der Waals surface area (Å²) >= 11 is 0. The van der Waals surface area contributed by atoms with Gasteiger partial charge in [0.1, 0.15) is 11.9 Å². The number of hydrogen-bond donors (Lipinski definition) is 3. The Kier molecular flexibility index (Phi) is 5.79. The van der Waals surface area contributed by atoms with Crippen molar-refractivity contribution >= 4 is 11.6 Å². The van der Waals surface area contributed by atoms with Gasteiger partial charge in [-0.1, -0.05) is 60.7 Å². The molecule has 1 amide bonds. The third-order valence-corrected chi connectivity index (χ3v) is 6.88. The number of phenols is 1. The lowest BCUT2D eigenvalue weighted by Gasteiger charge is -2.42. The number of fused-ring (bicyclic) bond motifs is 1. The van der Waals surface area contributed by atoms with E-state index in [1.54, 1.807) is 6.07 Å². The van der Waals surface area contributed by atoms with Gasteiger partial charge < -0.3 is 25.3 Å². The zero-order valence-electron chi connectivity index (χ0n) is 18.5. The van der Waals surface area contributed by atoms with Crippen LogP contribution in [0, 0.1) is 0 Å². The molecule has 170 valence electrons. The van der Waals surface area contributed by atoms with Gasteiger partial charge in [-0.05, 0) is 42.2 Å². The van der Waals surface area contributed by atoms with Crippen LogP contribution in [0.4, 0.5) is 5.69 Å². The molecule has 33 heavy (non-hydrogen) atoms. The highest BCUT2D eigenvalue weighted by atomic mass is 16.3. The van der Waals surface area contributed by atoms with Gasteiger partial charge in [-0.3, -0.25) is 4.79 Å². The van der Waals surface area contributed by atoms with Crippen LogP contribution in [0.15, 0.2) is 78.9 Å². The van der Waals surface area contributed by atoms with Gasteiger partial charge in [0.05, 0.1) is 16.9 Å². The third kappa shape index (κ3) is 4.32. The average molecular weight is 444 g/mol. The maximum Gasteiger partial charge on any atom is 0.255 e. The van der Waals surface area contributed by atoms with E-state index in [0.29, 0.717) is 24.9 Å². The van der Waals surface area contributed by atoms with Crippen molar-refractivity contribution in [1.29, 1.82) is 0 Å². The normalized spacial score (nSPS) is 20.2. The van der Waals surface area contributed by atoms with E-state index in [2.05, 4.69) is 15.1 Å². The molecule has 1 unspecified atom stereocenters. The summed E-state index contributed by atoms with van der Waals surface area (Å²) in [5.74, 6) is -0.102. The molecule has 3 N–H and O–H groups in total. The van der Waals surface area contributed by atoms with Gasteiger partial charge in [0.15, 0.2) is 0 Å². The lowest BCUT2D eigenvalue weighted by molar-refractivity contribution is -0.0253. The summed E-state index contributed by atoms with van der Waals surface area (Å²) in [5, 5.41) is 24.2.